The number of primary amides is 1. The van der Waals surface area contributed by atoms with Crippen molar-refractivity contribution >= 4 is 23.6 Å². The van der Waals surface area contributed by atoms with Gasteiger partial charge in [-0.15, -0.1) is 0 Å². The van der Waals surface area contributed by atoms with Crippen LogP contribution >= 0.6 is 0 Å². The van der Waals surface area contributed by atoms with Crippen LogP contribution in [0, 0.1) is 0 Å². The number of nitrogens with one attached hydrogen (secondary N) is 1. The normalized spacial score (nSPS) is 18.1. The van der Waals surface area contributed by atoms with Crippen molar-refractivity contribution in [1.82, 2.24) is 20.0 Å². The molecule has 3 heterocycles. The number of benzene rings is 1. The molecule has 1 unspecified atom stereocenters. The van der Waals surface area contributed by atoms with Crippen molar-refractivity contribution < 1.29 is 19.2 Å². The van der Waals surface area contributed by atoms with Crippen molar-refractivity contribution in [2.24, 2.45) is 5.73 Å². The summed E-state index contributed by atoms with van der Waals surface area (Å²) in [5.41, 5.74) is 8.94. The number of imide groups is 1. The maximum absolute atomic E-state index is 12.9. The second-order valence-corrected chi connectivity index (χ2v) is 8.38. The number of nitrogens with two attached hydrogens (primary N) is 1. The van der Waals surface area contributed by atoms with Gasteiger partial charge < -0.3 is 10.6 Å². The summed E-state index contributed by atoms with van der Waals surface area (Å²) in [6.45, 7) is 1.12. The number of amides is 4. The molecule has 0 aliphatic carbocycles. The van der Waals surface area contributed by atoms with Crippen LogP contribution in [0.1, 0.15) is 59.2 Å². The van der Waals surface area contributed by atoms with Gasteiger partial charge in [-0.05, 0) is 54.9 Å². The van der Waals surface area contributed by atoms with Gasteiger partial charge in [-0.1, -0.05) is 12.1 Å². The van der Waals surface area contributed by atoms with Crippen LogP contribution in [0.4, 0.5) is 0 Å². The zero-order valence-corrected chi connectivity index (χ0v) is 17.9. The van der Waals surface area contributed by atoms with E-state index in [1.54, 1.807) is 11.0 Å². The number of nitrogens with zero attached hydrogens (tertiary/aromatic N) is 3. The molecule has 1 aromatic heterocycles. The van der Waals surface area contributed by atoms with E-state index in [0.29, 0.717) is 24.9 Å². The molecule has 4 rings (SSSR count). The molecule has 0 spiro atoms. The number of carbonyl (C=O) groups excluding carboxylic acids is 4. The van der Waals surface area contributed by atoms with Gasteiger partial charge >= 0.3 is 0 Å². The number of piperidine rings is 1. The van der Waals surface area contributed by atoms with E-state index in [0.717, 1.165) is 48.9 Å². The van der Waals surface area contributed by atoms with Gasteiger partial charge in [-0.3, -0.25) is 29.2 Å². The summed E-state index contributed by atoms with van der Waals surface area (Å²) in [4.78, 5) is 49.0. The number of aryl methyl sites for hydroxylation is 3. The highest BCUT2D eigenvalue weighted by atomic mass is 16.2. The molecular formula is C23H27N5O4. The Hall–Kier alpha value is -3.49. The first-order valence-electron chi connectivity index (χ1n) is 11.0. The predicted molar refractivity (Wildman–Crippen MR) is 115 cm³/mol. The molecular weight excluding hydrogens is 410 g/mol. The van der Waals surface area contributed by atoms with E-state index in [2.05, 4.69) is 10.4 Å². The number of unbranched alkanes of at least 4 members (excludes halogenated alkanes) is 1. The van der Waals surface area contributed by atoms with Gasteiger partial charge in [0.05, 0.1) is 6.20 Å². The Morgan fingerprint density at radius 1 is 1.19 bits per heavy atom. The van der Waals surface area contributed by atoms with Crippen molar-refractivity contribution in [3.05, 3.63) is 52.8 Å². The Labute approximate surface area is 185 Å². The van der Waals surface area contributed by atoms with Crippen molar-refractivity contribution in [2.75, 3.05) is 0 Å². The average Bonchev–Trinajstić information content (AvgIpc) is 3.34. The Morgan fingerprint density at radius 2 is 2.03 bits per heavy atom. The highest BCUT2D eigenvalue weighted by Crippen LogP contribution is 2.30. The lowest BCUT2D eigenvalue weighted by molar-refractivity contribution is -0.137. The van der Waals surface area contributed by atoms with E-state index >= 15 is 0 Å². The Bertz CT molecular complexity index is 1060. The molecule has 0 radical (unpaired) electrons. The van der Waals surface area contributed by atoms with Gasteiger partial charge in [0.15, 0.2) is 0 Å². The zero-order chi connectivity index (χ0) is 22.7. The second-order valence-electron chi connectivity index (χ2n) is 8.38. The highest BCUT2D eigenvalue weighted by Gasteiger charge is 2.39. The molecule has 0 bridgehead atoms. The van der Waals surface area contributed by atoms with Crippen LogP contribution in [0.3, 0.4) is 0 Å². The topological polar surface area (TPSA) is 127 Å². The fraction of sp³-hybridized carbons (Fsp3) is 0.435. The molecule has 9 heteroatoms. The van der Waals surface area contributed by atoms with Crippen LogP contribution < -0.4 is 11.1 Å². The van der Waals surface area contributed by atoms with Crippen molar-refractivity contribution in [2.45, 2.75) is 64.1 Å². The Morgan fingerprint density at radius 3 is 2.81 bits per heavy atom. The fourth-order valence-electron chi connectivity index (χ4n) is 4.39. The molecule has 1 fully saturated rings. The molecule has 9 nitrogen and oxygen atoms in total. The molecule has 1 atom stereocenters. The number of aromatic nitrogens is 2. The maximum Gasteiger partial charge on any atom is 0.255 e. The lowest BCUT2D eigenvalue weighted by Crippen LogP contribution is -2.52. The van der Waals surface area contributed by atoms with Gasteiger partial charge in [0.2, 0.25) is 17.7 Å². The smallest absolute Gasteiger partial charge is 0.255 e. The zero-order valence-electron chi connectivity index (χ0n) is 17.9. The molecule has 1 aromatic carbocycles. The van der Waals surface area contributed by atoms with Crippen molar-refractivity contribution in [3.8, 4) is 0 Å². The summed E-state index contributed by atoms with van der Waals surface area (Å²) in [5, 5.41) is 6.72. The van der Waals surface area contributed by atoms with Gasteiger partial charge in [0.1, 0.15) is 6.04 Å². The maximum atomic E-state index is 12.9. The summed E-state index contributed by atoms with van der Waals surface area (Å²) in [5.74, 6) is -1.12. The molecule has 4 amide bonds. The number of hydrogen-bond acceptors (Lipinski definition) is 5. The number of rotatable bonds is 9. The van der Waals surface area contributed by atoms with Crippen LogP contribution in [0.25, 0.3) is 0 Å². The van der Waals surface area contributed by atoms with Gasteiger partial charge in [0, 0.05) is 37.7 Å². The Kier molecular flexibility index (Phi) is 6.34. The first-order chi connectivity index (χ1) is 15.4. The third kappa shape index (κ3) is 4.71. The predicted octanol–water partition coefficient (Wildman–Crippen LogP) is 1.08. The molecule has 168 valence electrons. The van der Waals surface area contributed by atoms with Crippen LogP contribution in [0.5, 0.6) is 0 Å². The average molecular weight is 438 g/mol. The molecule has 2 aliphatic heterocycles. The van der Waals surface area contributed by atoms with E-state index < -0.39 is 11.9 Å². The van der Waals surface area contributed by atoms with Gasteiger partial charge in [0.25, 0.3) is 5.91 Å². The monoisotopic (exact) mass is 437 g/mol. The van der Waals surface area contributed by atoms with Crippen molar-refractivity contribution in [1.29, 1.82) is 0 Å². The third-order valence-electron chi connectivity index (χ3n) is 6.11. The third-order valence-corrected chi connectivity index (χ3v) is 6.11. The summed E-state index contributed by atoms with van der Waals surface area (Å²) in [6, 6.07) is 5.10. The van der Waals surface area contributed by atoms with Crippen LogP contribution in [0.15, 0.2) is 30.6 Å². The first-order valence-corrected chi connectivity index (χ1v) is 11.0. The standard InChI is InChI=1S/C23H27N5O4/c24-20(29)6-1-2-11-27-13-15(12-25-27)7-8-16-4-3-5-17-18(16)14-28(23(17)32)19-9-10-21(30)26-22(19)31/h3-5,12-13,19H,1-2,6-11,14H2,(H2,24,29)(H,26,30,31). The summed E-state index contributed by atoms with van der Waals surface area (Å²) in [7, 11) is 0. The van der Waals surface area contributed by atoms with Crippen LogP contribution in [0.2, 0.25) is 0 Å². The molecule has 0 saturated carbocycles. The number of fused-ring (bicyclic) bond motifs is 1. The van der Waals surface area contributed by atoms with Gasteiger partial charge in [-0.2, -0.15) is 5.10 Å². The largest absolute Gasteiger partial charge is 0.370 e. The van der Waals surface area contributed by atoms with E-state index in [9.17, 15) is 19.2 Å². The number of carbonyl (C=O) groups is 4. The number of hydrogen-bond donors (Lipinski definition) is 2. The van der Waals surface area contributed by atoms with E-state index in [1.165, 1.54) is 0 Å². The van der Waals surface area contributed by atoms with E-state index in [-0.39, 0.29) is 24.1 Å². The summed E-state index contributed by atoms with van der Waals surface area (Å²) >= 11 is 0. The fourth-order valence-corrected chi connectivity index (χ4v) is 4.39. The first kappa shape index (κ1) is 21.7. The molecule has 2 aromatic rings. The molecule has 2 aliphatic rings. The van der Waals surface area contributed by atoms with E-state index in [4.69, 9.17) is 5.73 Å². The van der Waals surface area contributed by atoms with Crippen LogP contribution in [-0.2, 0) is 40.3 Å². The lowest BCUT2D eigenvalue weighted by Gasteiger charge is -2.29. The van der Waals surface area contributed by atoms with Gasteiger partial charge in [-0.25, -0.2) is 0 Å². The summed E-state index contributed by atoms with van der Waals surface area (Å²) < 4.78 is 1.87. The Balaban J connectivity index is 1.37. The lowest BCUT2D eigenvalue weighted by atomic mass is 9.98. The molecule has 1 saturated heterocycles. The quantitative estimate of drug-likeness (QED) is 0.448. The highest BCUT2D eigenvalue weighted by molar-refractivity contribution is 6.05. The van der Waals surface area contributed by atoms with Crippen molar-refractivity contribution in [3.63, 3.8) is 0 Å². The minimum absolute atomic E-state index is 0.153. The molecule has 3 N–H and O–H groups in total. The second kappa shape index (κ2) is 9.33. The SMILES string of the molecule is NC(=O)CCCCn1cc(CCc2cccc3c2CN(C2CCC(=O)NC2=O)C3=O)cn1. The minimum Gasteiger partial charge on any atom is -0.370 e. The minimum atomic E-state index is -0.603. The summed E-state index contributed by atoms with van der Waals surface area (Å²) in [6.07, 6.45) is 7.98. The van der Waals surface area contributed by atoms with Crippen LogP contribution in [-0.4, -0.2) is 44.4 Å². The molecule has 32 heavy (non-hydrogen) atoms. The van der Waals surface area contributed by atoms with E-state index in [1.807, 2.05) is 29.2 Å².